The second kappa shape index (κ2) is 6.27. The average molecular weight is 320 g/mol. The van der Waals surface area contributed by atoms with E-state index < -0.39 is 0 Å². The molecule has 1 aromatic heterocycles. The molecule has 0 N–H and O–H groups in total. The molecule has 1 aromatic rings. The van der Waals surface area contributed by atoms with E-state index in [4.69, 9.17) is 4.74 Å². The molecule has 84 valence electrons. The summed E-state index contributed by atoms with van der Waals surface area (Å²) in [6.07, 6.45) is 2.94. The molecule has 0 aliphatic rings. The number of pyridine rings is 1. The minimum absolute atomic E-state index is 0.741. The van der Waals surface area contributed by atoms with E-state index in [1.807, 2.05) is 6.07 Å². The molecule has 0 atom stereocenters. The van der Waals surface area contributed by atoms with Crippen LogP contribution < -0.4 is 4.74 Å². The van der Waals surface area contributed by atoms with Gasteiger partial charge in [0.1, 0.15) is 0 Å². The van der Waals surface area contributed by atoms with Crippen LogP contribution in [-0.2, 0) is 6.54 Å². The van der Waals surface area contributed by atoms with Crippen molar-refractivity contribution in [3.8, 4) is 5.88 Å². The topological polar surface area (TPSA) is 25.4 Å². The van der Waals surface area contributed by atoms with E-state index in [0.29, 0.717) is 0 Å². The van der Waals surface area contributed by atoms with Gasteiger partial charge in [-0.2, -0.15) is 0 Å². The van der Waals surface area contributed by atoms with Crippen LogP contribution >= 0.6 is 22.6 Å². The third-order valence-electron chi connectivity index (χ3n) is 2.19. The molecule has 15 heavy (non-hydrogen) atoms. The normalized spacial score (nSPS) is 10.7. The van der Waals surface area contributed by atoms with Crippen molar-refractivity contribution in [2.45, 2.75) is 19.9 Å². The van der Waals surface area contributed by atoms with E-state index in [9.17, 15) is 0 Å². The number of halogens is 1. The molecule has 0 bridgehead atoms. The smallest absolute Gasteiger partial charge is 0.218 e. The van der Waals surface area contributed by atoms with Crippen molar-refractivity contribution in [1.29, 1.82) is 0 Å². The fraction of sp³-hybridized carbons (Fsp3) is 0.545. The van der Waals surface area contributed by atoms with E-state index in [2.05, 4.69) is 46.4 Å². The summed E-state index contributed by atoms with van der Waals surface area (Å²) in [5.74, 6) is 0.741. The SMILES string of the molecule is CCCN(C)Cc1c(I)ccnc1OC. The lowest BCUT2D eigenvalue weighted by atomic mass is 10.2. The van der Waals surface area contributed by atoms with E-state index >= 15 is 0 Å². The zero-order valence-corrected chi connectivity index (χ0v) is 11.6. The number of rotatable bonds is 5. The van der Waals surface area contributed by atoms with Gasteiger partial charge in [0, 0.05) is 21.9 Å². The molecule has 0 radical (unpaired) electrons. The molecule has 1 rings (SSSR count). The van der Waals surface area contributed by atoms with Crippen molar-refractivity contribution in [2.75, 3.05) is 20.7 Å². The zero-order chi connectivity index (χ0) is 11.3. The Balaban J connectivity index is 2.82. The van der Waals surface area contributed by atoms with Crippen molar-refractivity contribution in [1.82, 2.24) is 9.88 Å². The van der Waals surface area contributed by atoms with Crippen molar-refractivity contribution in [2.24, 2.45) is 0 Å². The van der Waals surface area contributed by atoms with Crippen molar-refractivity contribution in [3.63, 3.8) is 0 Å². The van der Waals surface area contributed by atoms with Gasteiger partial charge in [-0.15, -0.1) is 0 Å². The minimum Gasteiger partial charge on any atom is -0.481 e. The van der Waals surface area contributed by atoms with Crippen LogP contribution in [-0.4, -0.2) is 30.6 Å². The standard InChI is InChI=1S/C11H17IN2O/c1-4-7-14(2)8-9-10(12)5-6-13-11(9)15-3/h5-6H,4,7-8H2,1-3H3. The predicted octanol–water partition coefficient (Wildman–Crippen LogP) is 2.54. The molecule has 0 spiro atoms. The molecular formula is C11H17IN2O. The molecule has 0 amide bonds. The van der Waals surface area contributed by atoms with Crippen LogP contribution in [0.2, 0.25) is 0 Å². The van der Waals surface area contributed by atoms with Gasteiger partial charge >= 0.3 is 0 Å². The van der Waals surface area contributed by atoms with Crippen LogP contribution in [0.25, 0.3) is 0 Å². The van der Waals surface area contributed by atoms with Gasteiger partial charge in [0.05, 0.1) is 7.11 Å². The number of methoxy groups -OCH3 is 1. The van der Waals surface area contributed by atoms with Crippen LogP contribution in [0.1, 0.15) is 18.9 Å². The van der Waals surface area contributed by atoms with E-state index in [-0.39, 0.29) is 0 Å². The maximum Gasteiger partial charge on any atom is 0.218 e. The third kappa shape index (κ3) is 3.61. The molecule has 0 aliphatic heterocycles. The number of hydrogen-bond donors (Lipinski definition) is 0. The highest BCUT2D eigenvalue weighted by Crippen LogP contribution is 2.22. The third-order valence-corrected chi connectivity index (χ3v) is 3.20. The Morgan fingerprint density at radius 3 is 2.87 bits per heavy atom. The maximum absolute atomic E-state index is 5.26. The lowest BCUT2D eigenvalue weighted by Gasteiger charge is -2.17. The van der Waals surface area contributed by atoms with E-state index in [1.54, 1.807) is 13.3 Å². The van der Waals surface area contributed by atoms with Crippen molar-refractivity contribution < 1.29 is 4.74 Å². The Kier molecular flexibility index (Phi) is 5.31. The highest BCUT2D eigenvalue weighted by atomic mass is 127. The summed E-state index contributed by atoms with van der Waals surface area (Å²) in [6.45, 7) is 4.17. The molecule has 0 saturated heterocycles. The number of ether oxygens (including phenoxy) is 1. The summed E-state index contributed by atoms with van der Waals surface area (Å²) in [7, 11) is 3.79. The summed E-state index contributed by atoms with van der Waals surface area (Å²) >= 11 is 2.32. The van der Waals surface area contributed by atoms with Gasteiger partial charge < -0.3 is 9.64 Å². The minimum atomic E-state index is 0.741. The lowest BCUT2D eigenvalue weighted by molar-refractivity contribution is 0.314. The molecule has 0 saturated carbocycles. The fourth-order valence-electron chi connectivity index (χ4n) is 1.50. The number of hydrogen-bond acceptors (Lipinski definition) is 3. The van der Waals surface area contributed by atoms with Crippen LogP contribution in [0.15, 0.2) is 12.3 Å². The zero-order valence-electron chi connectivity index (χ0n) is 9.46. The predicted molar refractivity (Wildman–Crippen MR) is 70.1 cm³/mol. The first-order valence-electron chi connectivity index (χ1n) is 5.05. The summed E-state index contributed by atoms with van der Waals surface area (Å²) < 4.78 is 6.47. The Morgan fingerprint density at radius 1 is 1.53 bits per heavy atom. The van der Waals surface area contributed by atoms with Gasteiger partial charge in [0.15, 0.2) is 0 Å². The molecule has 0 unspecified atom stereocenters. The average Bonchev–Trinajstić information content (AvgIpc) is 2.21. The van der Waals surface area contributed by atoms with E-state index in [1.165, 1.54) is 9.13 Å². The number of aromatic nitrogens is 1. The first-order chi connectivity index (χ1) is 7.19. The van der Waals surface area contributed by atoms with Gasteiger partial charge in [-0.1, -0.05) is 6.92 Å². The first-order valence-corrected chi connectivity index (χ1v) is 6.12. The van der Waals surface area contributed by atoms with Gasteiger partial charge in [-0.3, -0.25) is 0 Å². The van der Waals surface area contributed by atoms with Crippen molar-refractivity contribution in [3.05, 3.63) is 21.4 Å². The van der Waals surface area contributed by atoms with Gasteiger partial charge in [-0.05, 0) is 48.7 Å². The molecule has 1 heterocycles. The van der Waals surface area contributed by atoms with Crippen LogP contribution in [0.4, 0.5) is 0 Å². The maximum atomic E-state index is 5.26. The van der Waals surface area contributed by atoms with Crippen molar-refractivity contribution >= 4 is 22.6 Å². The lowest BCUT2D eigenvalue weighted by Crippen LogP contribution is -2.19. The molecule has 4 heteroatoms. The largest absolute Gasteiger partial charge is 0.481 e. The molecular weight excluding hydrogens is 303 g/mol. The molecule has 3 nitrogen and oxygen atoms in total. The van der Waals surface area contributed by atoms with Gasteiger partial charge in [0.25, 0.3) is 0 Å². The van der Waals surface area contributed by atoms with Crippen LogP contribution in [0.3, 0.4) is 0 Å². The monoisotopic (exact) mass is 320 g/mol. The summed E-state index contributed by atoms with van der Waals surface area (Å²) in [5.41, 5.74) is 1.18. The quantitative estimate of drug-likeness (QED) is 0.780. The second-order valence-electron chi connectivity index (χ2n) is 3.52. The molecule has 0 aromatic carbocycles. The highest BCUT2D eigenvalue weighted by Gasteiger charge is 2.10. The van der Waals surface area contributed by atoms with E-state index in [0.717, 1.165) is 25.4 Å². The Morgan fingerprint density at radius 2 is 2.27 bits per heavy atom. The Labute approximate surface area is 105 Å². The summed E-state index contributed by atoms with van der Waals surface area (Å²) in [6, 6.07) is 2.01. The Bertz CT molecular complexity index is 317. The highest BCUT2D eigenvalue weighted by molar-refractivity contribution is 14.1. The number of nitrogens with zero attached hydrogens (tertiary/aromatic N) is 2. The van der Waals surface area contributed by atoms with Gasteiger partial charge in [0.2, 0.25) is 5.88 Å². The summed E-state index contributed by atoms with van der Waals surface area (Å²) in [5, 5.41) is 0. The fourth-order valence-corrected chi connectivity index (χ4v) is 2.06. The van der Waals surface area contributed by atoms with Gasteiger partial charge in [-0.25, -0.2) is 4.98 Å². The molecule has 0 aliphatic carbocycles. The van der Waals surface area contributed by atoms with Crippen LogP contribution in [0, 0.1) is 3.57 Å². The van der Waals surface area contributed by atoms with Crippen LogP contribution in [0.5, 0.6) is 5.88 Å². The second-order valence-corrected chi connectivity index (χ2v) is 4.68. The summed E-state index contributed by atoms with van der Waals surface area (Å²) in [4.78, 5) is 6.50. The Hall–Kier alpha value is -0.360. The molecule has 0 fully saturated rings. The first kappa shape index (κ1) is 12.7.